The zero-order valence-electron chi connectivity index (χ0n) is 14.5. The van der Waals surface area contributed by atoms with Crippen LogP contribution in [-0.2, 0) is 10.0 Å². The molecule has 0 N–H and O–H groups in total. The van der Waals surface area contributed by atoms with Gasteiger partial charge in [-0.25, -0.2) is 8.42 Å². The van der Waals surface area contributed by atoms with Crippen LogP contribution in [0.15, 0.2) is 47.4 Å². The number of sulfonamides is 1. The van der Waals surface area contributed by atoms with Crippen LogP contribution in [0.25, 0.3) is 0 Å². The highest BCUT2D eigenvalue weighted by Crippen LogP contribution is 2.35. The number of Topliss-reactive ketones (excluding diaryl/α,β-unsaturated/α-hetero) is 1. The van der Waals surface area contributed by atoms with E-state index in [-0.39, 0.29) is 23.6 Å². The number of carbonyl (C=O) groups is 1. The Morgan fingerprint density at radius 2 is 1.76 bits per heavy atom. The molecule has 0 aromatic heterocycles. The molecule has 0 radical (unpaired) electrons. The Bertz CT molecular complexity index is 902. The lowest BCUT2D eigenvalue weighted by Gasteiger charge is -2.30. The highest BCUT2D eigenvalue weighted by molar-refractivity contribution is 7.92. The Balaban J connectivity index is 2.06. The largest absolute Gasteiger partial charge is 0.497 e. The van der Waals surface area contributed by atoms with E-state index in [1.807, 2.05) is 12.1 Å². The second kappa shape index (κ2) is 6.52. The van der Waals surface area contributed by atoms with Crippen LogP contribution in [-0.4, -0.2) is 27.9 Å². The molecule has 25 heavy (non-hydrogen) atoms. The van der Waals surface area contributed by atoms with Gasteiger partial charge < -0.3 is 4.74 Å². The Kier molecular flexibility index (Phi) is 4.56. The van der Waals surface area contributed by atoms with E-state index in [4.69, 9.17) is 4.74 Å². The lowest BCUT2D eigenvalue weighted by atomic mass is 10.0. The fourth-order valence-electron chi connectivity index (χ4n) is 2.94. The molecule has 2 aromatic carbocycles. The van der Waals surface area contributed by atoms with Crippen LogP contribution in [0.2, 0.25) is 0 Å². The van der Waals surface area contributed by atoms with E-state index >= 15 is 0 Å². The molecule has 0 saturated heterocycles. The summed E-state index contributed by atoms with van der Waals surface area (Å²) in [4.78, 5) is 12.4. The number of ketones is 1. The normalized spacial score (nSPS) is 14.6. The molecule has 1 aliphatic rings. The van der Waals surface area contributed by atoms with Gasteiger partial charge in [0.05, 0.1) is 17.7 Å². The first kappa shape index (κ1) is 17.5. The minimum absolute atomic E-state index is 0.0562. The maximum atomic E-state index is 13.1. The van der Waals surface area contributed by atoms with E-state index in [1.54, 1.807) is 30.3 Å². The van der Waals surface area contributed by atoms with Crippen molar-refractivity contribution >= 4 is 21.5 Å². The van der Waals surface area contributed by atoms with Crippen molar-refractivity contribution in [3.63, 3.8) is 0 Å². The third-order valence-electron chi connectivity index (χ3n) is 4.45. The predicted molar refractivity (Wildman–Crippen MR) is 97.0 cm³/mol. The summed E-state index contributed by atoms with van der Waals surface area (Å²) in [7, 11) is -2.23. The van der Waals surface area contributed by atoms with Gasteiger partial charge in [0.2, 0.25) is 0 Å². The molecule has 0 atom stereocenters. The first-order chi connectivity index (χ1) is 11.8. The topological polar surface area (TPSA) is 63.7 Å². The number of hydrogen-bond acceptors (Lipinski definition) is 4. The van der Waals surface area contributed by atoms with Crippen LogP contribution in [0, 0.1) is 0 Å². The fourth-order valence-corrected chi connectivity index (χ4v) is 4.42. The van der Waals surface area contributed by atoms with Gasteiger partial charge >= 0.3 is 0 Å². The Hall–Kier alpha value is -2.34. The maximum Gasteiger partial charge on any atom is 0.264 e. The van der Waals surface area contributed by atoms with Crippen molar-refractivity contribution in [2.75, 3.05) is 18.0 Å². The minimum atomic E-state index is -3.74. The fraction of sp³-hybridized carbons (Fsp3) is 0.316. The van der Waals surface area contributed by atoms with Gasteiger partial charge in [-0.05, 0) is 35.7 Å². The summed E-state index contributed by atoms with van der Waals surface area (Å²) in [6.45, 7) is 4.25. The number of carbonyl (C=O) groups excluding carboxylic acids is 1. The Labute approximate surface area is 148 Å². The summed E-state index contributed by atoms with van der Waals surface area (Å²) in [5.41, 5.74) is 1.87. The lowest BCUT2D eigenvalue weighted by Crippen LogP contribution is -2.37. The summed E-state index contributed by atoms with van der Waals surface area (Å²) in [6, 6.07) is 11.8. The molecule has 2 aromatic rings. The molecule has 3 rings (SSSR count). The van der Waals surface area contributed by atoms with Crippen molar-refractivity contribution in [2.45, 2.75) is 31.1 Å². The van der Waals surface area contributed by atoms with Crippen LogP contribution in [0.5, 0.6) is 5.75 Å². The first-order valence-corrected chi connectivity index (χ1v) is 9.62. The molecule has 0 saturated carbocycles. The first-order valence-electron chi connectivity index (χ1n) is 8.18. The summed E-state index contributed by atoms with van der Waals surface area (Å²) in [5.74, 6) is 0.789. The van der Waals surface area contributed by atoms with E-state index in [1.165, 1.54) is 11.4 Å². The highest BCUT2D eigenvalue weighted by Gasteiger charge is 2.32. The van der Waals surface area contributed by atoms with E-state index in [2.05, 4.69) is 13.8 Å². The van der Waals surface area contributed by atoms with Crippen LogP contribution in [0.1, 0.15) is 42.1 Å². The second-order valence-electron chi connectivity index (χ2n) is 6.36. The van der Waals surface area contributed by atoms with Crippen molar-refractivity contribution in [3.05, 3.63) is 53.6 Å². The Morgan fingerprint density at radius 1 is 1.08 bits per heavy atom. The minimum Gasteiger partial charge on any atom is -0.497 e. The number of fused-ring (bicyclic) bond motifs is 1. The molecule has 0 unspecified atom stereocenters. The van der Waals surface area contributed by atoms with Crippen LogP contribution in [0.3, 0.4) is 0 Å². The highest BCUT2D eigenvalue weighted by atomic mass is 32.2. The number of anilines is 1. The number of nitrogens with zero attached hydrogens (tertiary/aromatic N) is 1. The summed E-state index contributed by atoms with van der Waals surface area (Å²) in [6.07, 6.45) is 0.169. The van der Waals surface area contributed by atoms with Gasteiger partial charge in [0.1, 0.15) is 5.75 Å². The molecule has 6 heteroatoms. The van der Waals surface area contributed by atoms with Crippen LogP contribution < -0.4 is 9.04 Å². The molecular formula is C19H21NO4S. The zero-order valence-corrected chi connectivity index (χ0v) is 15.3. The molecule has 0 spiro atoms. The van der Waals surface area contributed by atoms with E-state index in [0.29, 0.717) is 22.9 Å². The molecule has 0 amide bonds. The average molecular weight is 359 g/mol. The lowest BCUT2D eigenvalue weighted by molar-refractivity contribution is 0.0982. The average Bonchev–Trinajstić information content (AvgIpc) is 2.61. The van der Waals surface area contributed by atoms with E-state index in [9.17, 15) is 13.2 Å². The molecular weight excluding hydrogens is 338 g/mol. The van der Waals surface area contributed by atoms with Crippen molar-refractivity contribution in [1.82, 2.24) is 0 Å². The second-order valence-corrected chi connectivity index (χ2v) is 8.22. The summed E-state index contributed by atoms with van der Waals surface area (Å²) >= 11 is 0. The zero-order chi connectivity index (χ0) is 18.2. The predicted octanol–water partition coefficient (Wildman–Crippen LogP) is 3.60. The number of rotatable bonds is 4. The molecule has 0 aliphatic carbocycles. The molecule has 1 aliphatic heterocycles. The molecule has 0 fully saturated rings. The number of hydrogen-bond donors (Lipinski definition) is 0. The van der Waals surface area contributed by atoms with Gasteiger partial charge in [0, 0.05) is 24.6 Å². The third-order valence-corrected chi connectivity index (χ3v) is 6.28. The van der Waals surface area contributed by atoms with Gasteiger partial charge in [-0.3, -0.25) is 9.10 Å². The van der Waals surface area contributed by atoms with Crippen molar-refractivity contribution < 1.29 is 17.9 Å². The van der Waals surface area contributed by atoms with Crippen LogP contribution >= 0.6 is 0 Å². The SMILES string of the molecule is COc1ccc2c(c1)N(S(=O)(=O)c1ccc(C(C)C)cc1)CCC2=O. The smallest absolute Gasteiger partial charge is 0.264 e. The standard InChI is InChI=1S/C19H21NO4S/c1-13(2)14-4-7-16(8-5-14)25(22,23)20-11-10-19(21)17-9-6-15(24-3)12-18(17)20/h4-9,12-13H,10-11H2,1-3H3. The summed E-state index contributed by atoms with van der Waals surface area (Å²) in [5, 5.41) is 0. The van der Waals surface area contributed by atoms with Crippen molar-refractivity contribution in [1.29, 1.82) is 0 Å². The van der Waals surface area contributed by atoms with E-state index < -0.39 is 10.0 Å². The number of methoxy groups -OCH3 is 1. The van der Waals surface area contributed by atoms with Gasteiger partial charge in [0.15, 0.2) is 5.78 Å². The van der Waals surface area contributed by atoms with Crippen molar-refractivity contribution in [3.8, 4) is 5.75 Å². The Morgan fingerprint density at radius 3 is 2.36 bits per heavy atom. The number of ether oxygens (including phenoxy) is 1. The summed E-state index contributed by atoms with van der Waals surface area (Å²) < 4.78 is 32.7. The quantitative estimate of drug-likeness (QED) is 0.837. The molecule has 132 valence electrons. The van der Waals surface area contributed by atoms with Gasteiger partial charge in [0.25, 0.3) is 10.0 Å². The third kappa shape index (κ3) is 3.14. The van der Waals surface area contributed by atoms with Crippen molar-refractivity contribution in [2.24, 2.45) is 0 Å². The number of benzene rings is 2. The van der Waals surface area contributed by atoms with Gasteiger partial charge in [-0.1, -0.05) is 26.0 Å². The monoisotopic (exact) mass is 359 g/mol. The van der Waals surface area contributed by atoms with E-state index in [0.717, 1.165) is 5.56 Å². The molecule has 0 bridgehead atoms. The molecule has 5 nitrogen and oxygen atoms in total. The van der Waals surface area contributed by atoms with Gasteiger partial charge in [-0.2, -0.15) is 0 Å². The maximum absolute atomic E-state index is 13.1. The van der Waals surface area contributed by atoms with Gasteiger partial charge in [-0.15, -0.1) is 0 Å². The molecule has 1 heterocycles. The van der Waals surface area contributed by atoms with Crippen LogP contribution in [0.4, 0.5) is 5.69 Å².